The molecule has 0 aromatic carbocycles. The van der Waals surface area contributed by atoms with E-state index in [2.05, 4.69) is 4.42 Å². The number of hydrogen-bond acceptors (Lipinski definition) is 4. The molecule has 18 heavy (non-hydrogen) atoms. The summed E-state index contributed by atoms with van der Waals surface area (Å²) in [7, 11) is -3.44. The molecule has 0 fully saturated rings. The maximum absolute atomic E-state index is 12.3. The van der Waals surface area contributed by atoms with Crippen LogP contribution < -0.4 is 0 Å². The Balaban J connectivity index is 2.82. The van der Waals surface area contributed by atoms with Crippen molar-refractivity contribution < 1.29 is 31.2 Å². The van der Waals surface area contributed by atoms with Crippen LogP contribution in [0.4, 0.5) is 13.2 Å². The average Bonchev–Trinajstić information content (AvgIpc) is 2.65. The van der Waals surface area contributed by atoms with Gasteiger partial charge < -0.3 is 13.5 Å². The average molecular weight is 286 g/mol. The zero-order valence-corrected chi connectivity index (χ0v) is 10.9. The molecule has 1 aromatic rings. The lowest BCUT2D eigenvalue weighted by Crippen LogP contribution is -2.02. The van der Waals surface area contributed by atoms with E-state index in [1.165, 1.54) is 0 Å². The summed E-state index contributed by atoms with van der Waals surface area (Å²) in [6, 6.07) is 1.91. The van der Waals surface area contributed by atoms with Gasteiger partial charge in [0.15, 0.2) is 0 Å². The van der Waals surface area contributed by atoms with Crippen LogP contribution in [0.5, 0.6) is 0 Å². The van der Waals surface area contributed by atoms with Crippen LogP contribution >= 0.6 is 7.60 Å². The SMILES string of the molecule is CCOP(=O)(Cc1ccc(C(F)(F)F)o1)OCC. The van der Waals surface area contributed by atoms with Crippen molar-refractivity contribution >= 4 is 7.60 Å². The van der Waals surface area contributed by atoms with Crippen molar-refractivity contribution in [2.24, 2.45) is 0 Å². The molecule has 1 aromatic heterocycles. The number of alkyl halides is 3. The highest BCUT2D eigenvalue weighted by Crippen LogP contribution is 2.51. The number of halogens is 3. The summed E-state index contributed by atoms with van der Waals surface area (Å²) >= 11 is 0. The summed E-state index contributed by atoms with van der Waals surface area (Å²) in [4.78, 5) is 0. The van der Waals surface area contributed by atoms with Gasteiger partial charge in [-0.15, -0.1) is 0 Å². The second kappa shape index (κ2) is 5.91. The number of furan rings is 1. The fraction of sp³-hybridized carbons (Fsp3) is 0.600. The first-order valence-corrected chi connectivity index (χ1v) is 7.07. The Morgan fingerprint density at radius 1 is 1.22 bits per heavy atom. The molecule has 0 saturated carbocycles. The number of hydrogen-bond donors (Lipinski definition) is 0. The van der Waals surface area contributed by atoms with Gasteiger partial charge in [-0.1, -0.05) is 0 Å². The smallest absolute Gasteiger partial charge is 0.449 e. The third-order valence-corrected chi connectivity index (χ3v) is 3.94. The van der Waals surface area contributed by atoms with Gasteiger partial charge in [-0.05, 0) is 26.0 Å². The molecule has 0 spiro atoms. The Bertz CT molecular complexity index is 417. The maximum Gasteiger partial charge on any atom is 0.449 e. The van der Waals surface area contributed by atoms with Crippen LogP contribution in [0.15, 0.2) is 16.5 Å². The van der Waals surface area contributed by atoms with E-state index in [0.717, 1.165) is 12.1 Å². The van der Waals surface area contributed by atoms with Crippen LogP contribution in [-0.2, 0) is 26.0 Å². The normalized spacial score (nSPS) is 12.9. The third kappa shape index (κ3) is 4.15. The van der Waals surface area contributed by atoms with E-state index < -0.39 is 19.5 Å². The minimum Gasteiger partial charge on any atom is -0.456 e. The van der Waals surface area contributed by atoms with E-state index in [4.69, 9.17) is 9.05 Å². The summed E-state index contributed by atoms with van der Waals surface area (Å²) in [6.07, 6.45) is -4.87. The molecular formula is C10H14F3O4P. The molecule has 0 radical (unpaired) electrons. The van der Waals surface area contributed by atoms with Gasteiger partial charge >= 0.3 is 13.8 Å². The van der Waals surface area contributed by atoms with Crippen LogP contribution in [0.25, 0.3) is 0 Å². The van der Waals surface area contributed by atoms with Crippen molar-refractivity contribution in [2.75, 3.05) is 13.2 Å². The van der Waals surface area contributed by atoms with Crippen molar-refractivity contribution in [3.05, 3.63) is 23.7 Å². The molecule has 0 aliphatic heterocycles. The van der Waals surface area contributed by atoms with Gasteiger partial charge in [0.25, 0.3) is 0 Å². The monoisotopic (exact) mass is 286 g/mol. The highest BCUT2D eigenvalue weighted by atomic mass is 31.2. The fourth-order valence-corrected chi connectivity index (χ4v) is 2.92. The van der Waals surface area contributed by atoms with Crippen LogP contribution in [0.2, 0.25) is 0 Å². The van der Waals surface area contributed by atoms with Crippen LogP contribution in [0.3, 0.4) is 0 Å². The predicted molar refractivity (Wildman–Crippen MR) is 58.3 cm³/mol. The molecule has 0 N–H and O–H groups in total. The molecule has 0 aliphatic carbocycles. The third-order valence-electron chi connectivity index (χ3n) is 1.94. The first-order valence-electron chi connectivity index (χ1n) is 5.34. The zero-order chi connectivity index (χ0) is 13.8. The first kappa shape index (κ1) is 15.3. The lowest BCUT2D eigenvalue weighted by molar-refractivity contribution is -0.153. The summed E-state index contributed by atoms with van der Waals surface area (Å²) in [6.45, 7) is 3.53. The Morgan fingerprint density at radius 2 is 1.78 bits per heavy atom. The van der Waals surface area contributed by atoms with E-state index in [1.807, 2.05) is 0 Å². The van der Waals surface area contributed by atoms with Crippen LogP contribution in [0, 0.1) is 0 Å². The lowest BCUT2D eigenvalue weighted by Gasteiger charge is -2.15. The molecule has 0 aliphatic rings. The minimum atomic E-state index is -4.56. The summed E-state index contributed by atoms with van der Waals surface area (Å²) in [5, 5.41) is 0. The highest BCUT2D eigenvalue weighted by Gasteiger charge is 2.36. The van der Waals surface area contributed by atoms with Crippen molar-refractivity contribution in [3.63, 3.8) is 0 Å². The van der Waals surface area contributed by atoms with E-state index in [0.29, 0.717) is 0 Å². The van der Waals surface area contributed by atoms with Crippen LogP contribution in [-0.4, -0.2) is 13.2 Å². The molecular weight excluding hydrogens is 272 g/mol. The summed E-state index contributed by atoms with van der Waals surface area (Å²) in [5.41, 5.74) is 0. The van der Waals surface area contributed by atoms with Crippen molar-refractivity contribution in [2.45, 2.75) is 26.2 Å². The standard InChI is InChI=1S/C10H14F3O4P/c1-3-15-18(14,16-4-2)7-8-5-6-9(17-8)10(11,12)13/h5-6H,3-4,7H2,1-2H3. The minimum absolute atomic E-state index is 0.0763. The molecule has 0 saturated heterocycles. The van der Waals surface area contributed by atoms with Gasteiger partial charge in [0.05, 0.1) is 13.2 Å². The molecule has 4 nitrogen and oxygen atoms in total. The van der Waals surface area contributed by atoms with Crippen LogP contribution in [0.1, 0.15) is 25.4 Å². The van der Waals surface area contributed by atoms with E-state index in [9.17, 15) is 17.7 Å². The Hall–Kier alpha value is -0.780. The second-order valence-electron chi connectivity index (χ2n) is 3.37. The van der Waals surface area contributed by atoms with E-state index >= 15 is 0 Å². The molecule has 1 rings (SSSR count). The van der Waals surface area contributed by atoms with Crippen molar-refractivity contribution in [1.29, 1.82) is 0 Å². The largest absolute Gasteiger partial charge is 0.456 e. The summed E-state index contributed by atoms with van der Waals surface area (Å²) in [5.74, 6) is -1.20. The lowest BCUT2D eigenvalue weighted by atomic mass is 10.4. The Kier molecular flexibility index (Phi) is 5.01. The molecule has 0 bridgehead atoms. The first-order chi connectivity index (χ1) is 8.30. The Morgan fingerprint density at radius 3 is 2.17 bits per heavy atom. The molecule has 104 valence electrons. The maximum atomic E-state index is 12.3. The molecule has 0 unspecified atom stereocenters. The fourth-order valence-electron chi connectivity index (χ4n) is 1.33. The van der Waals surface area contributed by atoms with E-state index in [-0.39, 0.29) is 25.1 Å². The predicted octanol–water partition coefficient (Wildman–Crippen LogP) is 4.06. The number of rotatable bonds is 6. The molecule has 8 heteroatoms. The summed E-state index contributed by atoms with van der Waals surface area (Å²) < 4.78 is 63.5. The zero-order valence-electron chi connectivity index (χ0n) is 9.99. The van der Waals surface area contributed by atoms with Gasteiger partial charge in [-0.3, -0.25) is 4.57 Å². The van der Waals surface area contributed by atoms with Crippen molar-refractivity contribution in [3.8, 4) is 0 Å². The molecule has 0 atom stereocenters. The van der Waals surface area contributed by atoms with Gasteiger partial charge in [0, 0.05) is 0 Å². The van der Waals surface area contributed by atoms with Crippen molar-refractivity contribution in [1.82, 2.24) is 0 Å². The van der Waals surface area contributed by atoms with E-state index in [1.54, 1.807) is 13.8 Å². The molecule has 1 heterocycles. The van der Waals surface area contributed by atoms with Gasteiger partial charge in [0.2, 0.25) is 5.76 Å². The quantitative estimate of drug-likeness (QED) is 0.740. The van der Waals surface area contributed by atoms with Gasteiger partial charge in [0.1, 0.15) is 11.9 Å². The van der Waals surface area contributed by atoms with Gasteiger partial charge in [-0.25, -0.2) is 0 Å². The molecule has 0 amide bonds. The Labute approximate surface area is 103 Å². The highest BCUT2D eigenvalue weighted by molar-refractivity contribution is 7.53. The second-order valence-corrected chi connectivity index (χ2v) is 5.42. The topological polar surface area (TPSA) is 48.7 Å². The van der Waals surface area contributed by atoms with Gasteiger partial charge in [-0.2, -0.15) is 13.2 Å².